The lowest BCUT2D eigenvalue weighted by atomic mass is 10.1. The van der Waals surface area contributed by atoms with Gasteiger partial charge in [-0.05, 0) is 34.8 Å². The van der Waals surface area contributed by atoms with E-state index in [1.807, 2.05) is 30.3 Å². The van der Waals surface area contributed by atoms with Gasteiger partial charge in [0.15, 0.2) is 0 Å². The van der Waals surface area contributed by atoms with Gasteiger partial charge in [-0.2, -0.15) is 12.6 Å². The Hall–Kier alpha value is -1.15. The molecule has 0 N–H and O–H groups in total. The molecule has 13 heavy (non-hydrogen) atoms. The van der Waals surface area contributed by atoms with Gasteiger partial charge in [-0.3, -0.25) is 0 Å². The van der Waals surface area contributed by atoms with Crippen molar-refractivity contribution in [1.29, 1.82) is 0 Å². The molecule has 0 fully saturated rings. The summed E-state index contributed by atoms with van der Waals surface area (Å²) in [5.41, 5.74) is 2.02. The van der Waals surface area contributed by atoms with E-state index in [4.69, 9.17) is 4.74 Å². The molecule has 0 aliphatic heterocycles. The number of allylic oxidation sites excluding steroid dienone is 2. The summed E-state index contributed by atoms with van der Waals surface area (Å²) in [5.74, 6) is 0.853. The van der Waals surface area contributed by atoms with Crippen LogP contribution in [-0.4, -0.2) is 7.11 Å². The number of hydrogen-bond donors (Lipinski definition) is 1. The smallest absolute Gasteiger partial charge is 0.118 e. The van der Waals surface area contributed by atoms with E-state index in [2.05, 4.69) is 19.2 Å². The third-order valence-electron chi connectivity index (χ3n) is 1.74. The van der Waals surface area contributed by atoms with Crippen LogP contribution in [0, 0.1) is 0 Å². The molecule has 0 amide bonds. The summed E-state index contributed by atoms with van der Waals surface area (Å²) in [7, 11) is 1.65. The molecule has 1 nitrogen and oxygen atoms in total. The zero-order chi connectivity index (χ0) is 9.68. The maximum absolute atomic E-state index is 5.05. The maximum atomic E-state index is 5.05. The molecule has 0 spiro atoms. The van der Waals surface area contributed by atoms with E-state index in [0.29, 0.717) is 0 Å². The van der Waals surface area contributed by atoms with E-state index in [9.17, 15) is 0 Å². The molecular formula is C11H12OS. The summed E-state index contributed by atoms with van der Waals surface area (Å²) in [6.45, 7) is 3.89. The highest BCUT2D eigenvalue weighted by Gasteiger charge is 1.94. The van der Waals surface area contributed by atoms with E-state index >= 15 is 0 Å². The minimum Gasteiger partial charge on any atom is -0.497 e. The minimum absolute atomic E-state index is 0.853. The average Bonchev–Trinajstić information content (AvgIpc) is 2.18. The molecule has 0 aliphatic rings. The Bertz CT molecular complexity index is 311. The third kappa shape index (κ3) is 2.67. The first-order valence-corrected chi connectivity index (χ1v) is 4.43. The van der Waals surface area contributed by atoms with Gasteiger partial charge in [0, 0.05) is 0 Å². The van der Waals surface area contributed by atoms with Crippen molar-refractivity contribution in [3.63, 3.8) is 0 Å². The highest BCUT2D eigenvalue weighted by Crippen LogP contribution is 2.18. The second kappa shape index (κ2) is 4.77. The van der Waals surface area contributed by atoms with Crippen molar-refractivity contribution in [3.05, 3.63) is 47.9 Å². The normalized spacial score (nSPS) is 10.3. The predicted molar refractivity (Wildman–Crippen MR) is 60.2 cm³/mol. The highest BCUT2D eigenvalue weighted by atomic mass is 32.1. The van der Waals surface area contributed by atoms with Crippen molar-refractivity contribution in [2.45, 2.75) is 0 Å². The van der Waals surface area contributed by atoms with Crippen molar-refractivity contribution in [3.8, 4) is 5.75 Å². The van der Waals surface area contributed by atoms with Crippen molar-refractivity contribution >= 4 is 18.2 Å². The zero-order valence-electron chi connectivity index (χ0n) is 7.53. The molecule has 0 saturated heterocycles. The lowest BCUT2D eigenvalue weighted by Gasteiger charge is -2.02. The fourth-order valence-corrected chi connectivity index (χ4v) is 1.17. The molecule has 0 unspecified atom stereocenters. The van der Waals surface area contributed by atoms with Gasteiger partial charge in [0.2, 0.25) is 0 Å². The topological polar surface area (TPSA) is 9.23 Å². The molecule has 0 atom stereocenters. The second-order valence-electron chi connectivity index (χ2n) is 2.57. The average molecular weight is 192 g/mol. The molecule has 2 heteroatoms. The van der Waals surface area contributed by atoms with E-state index < -0.39 is 0 Å². The van der Waals surface area contributed by atoms with Crippen LogP contribution in [0.2, 0.25) is 0 Å². The van der Waals surface area contributed by atoms with Gasteiger partial charge in [-0.1, -0.05) is 18.7 Å². The van der Waals surface area contributed by atoms with Gasteiger partial charge in [0.05, 0.1) is 7.11 Å². The first-order valence-electron chi connectivity index (χ1n) is 3.92. The Labute approximate surface area is 84.1 Å². The Morgan fingerprint density at radius 3 is 2.46 bits per heavy atom. The summed E-state index contributed by atoms with van der Waals surface area (Å²) in [4.78, 5) is 0. The predicted octanol–water partition coefficient (Wildman–Crippen LogP) is 3.15. The van der Waals surface area contributed by atoms with Crippen molar-refractivity contribution in [2.75, 3.05) is 7.11 Å². The largest absolute Gasteiger partial charge is 0.497 e. The SMILES string of the molecule is C=C(/C=C/S)c1ccc(OC)cc1. The van der Waals surface area contributed by atoms with Crippen LogP contribution in [-0.2, 0) is 0 Å². The lowest BCUT2D eigenvalue weighted by Crippen LogP contribution is -1.83. The van der Waals surface area contributed by atoms with Crippen molar-refractivity contribution in [1.82, 2.24) is 0 Å². The van der Waals surface area contributed by atoms with Crippen LogP contribution in [0.25, 0.3) is 5.57 Å². The quantitative estimate of drug-likeness (QED) is 0.571. The summed E-state index contributed by atoms with van der Waals surface area (Å²) in [5, 5.41) is 1.67. The van der Waals surface area contributed by atoms with E-state index in [1.165, 1.54) is 0 Å². The molecule has 0 aliphatic carbocycles. The molecule has 68 valence electrons. The molecule has 0 saturated carbocycles. The van der Waals surface area contributed by atoms with Gasteiger partial charge < -0.3 is 4.74 Å². The molecular weight excluding hydrogens is 180 g/mol. The van der Waals surface area contributed by atoms with Gasteiger partial charge in [0.25, 0.3) is 0 Å². The van der Waals surface area contributed by atoms with Crippen molar-refractivity contribution in [2.24, 2.45) is 0 Å². The molecule has 1 aromatic rings. The standard InChI is InChI=1S/C11H12OS/c1-9(7-8-13)10-3-5-11(12-2)6-4-10/h3-8,13H,1H2,2H3/b8-7+. The summed E-state index contributed by atoms with van der Waals surface area (Å²) >= 11 is 3.98. The van der Waals surface area contributed by atoms with E-state index in [0.717, 1.165) is 16.9 Å². The fraction of sp³-hybridized carbons (Fsp3) is 0.0909. The monoisotopic (exact) mass is 192 g/mol. The maximum Gasteiger partial charge on any atom is 0.118 e. The molecule has 1 aromatic carbocycles. The number of hydrogen-bond acceptors (Lipinski definition) is 2. The van der Waals surface area contributed by atoms with Gasteiger partial charge in [0.1, 0.15) is 5.75 Å². The van der Waals surface area contributed by atoms with Crippen LogP contribution in [0.4, 0.5) is 0 Å². The first-order chi connectivity index (χ1) is 6.27. The van der Waals surface area contributed by atoms with Crippen LogP contribution >= 0.6 is 12.6 Å². The van der Waals surface area contributed by atoms with Crippen LogP contribution in [0.15, 0.2) is 42.3 Å². The molecule has 0 bridgehead atoms. The van der Waals surface area contributed by atoms with Crippen LogP contribution in [0.5, 0.6) is 5.75 Å². The summed E-state index contributed by atoms with van der Waals surface area (Å²) in [6.07, 6.45) is 1.85. The Morgan fingerprint density at radius 2 is 2.00 bits per heavy atom. The second-order valence-corrected chi connectivity index (χ2v) is 2.87. The lowest BCUT2D eigenvalue weighted by molar-refractivity contribution is 0.415. The van der Waals surface area contributed by atoms with Crippen LogP contribution in [0.3, 0.4) is 0 Å². The van der Waals surface area contributed by atoms with Crippen molar-refractivity contribution < 1.29 is 4.74 Å². The van der Waals surface area contributed by atoms with Crippen LogP contribution in [0.1, 0.15) is 5.56 Å². The van der Waals surface area contributed by atoms with Crippen LogP contribution < -0.4 is 4.74 Å². The Balaban J connectivity index is 2.85. The molecule has 0 heterocycles. The van der Waals surface area contributed by atoms with Gasteiger partial charge in [-0.25, -0.2) is 0 Å². The zero-order valence-corrected chi connectivity index (χ0v) is 8.42. The molecule has 0 aromatic heterocycles. The highest BCUT2D eigenvalue weighted by molar-refractivity contribution is 7.83. The Kier molecular flexibility index (Phi) is 3.65. The first kappa shape index (κ1) is 9.93. The number of ether oxygens (including phenoxy) is 1. The fourth-order valence-electron chi connectivity index (χ4n) is 0.991. The molecule has 1 rings (SSSR count). The van der Waals surface area contributed by atoms with Gasteiger partial charge in [-0.15, -0.1) is 0 Å². The van der Waals surface area contributed by atoms with E-state index in [1.54, 1.807) is 12.5 Å². The van der Waals surface area contributed by atoms with E-state index in [-0.39, 0.29) is 0 Å². The number of thiol groups is 1. The number of rotatable bonds is 3. The molecule has 0 radical (unpaired) electrons. The summed E-state index contributed by atoms with van der Waals surface area (Å²) in [6, 6.07) is 7.75. The Morgan fingerprint density at radius 1 is 1.38 bits per heavy atom. The summed E-state index contributed by atoms with van der Waals surface area (Å²) < 4.78 is 5.05. The third-order valence-corrected chi connectivity index (χ3v) is 1.89. The van der Waals surface area contributed by atoms with Gasteiger partial charge >= 0.3 is 0 Å². The number of benzene rings is 1. The number of methoxy groups -OCH3 is 1. The minimum atomic E-state index is 0.853.